The van der Waals surface area contributed by atoms with Crippen LogP contribution in [0.3, 0.4) is 0 Å². The Morgan fingerprint density at radius 1 is 1.16 bits per heavy atom. The molecule has 4 aliphatic rings. The van der Waals surface area contributed by atoms with Crippen molar-refractivity contribution >= 4 is 5.76 Å². The van der Waals surface area contributed by atoms with E-state index in [1.165, 1.54) is 31.3 Å². The topological polar surface area (TPSA) is 153 Å². The highest BCUT2D eigenvalue weighted by Crippen LogP contribution is 2.53. The fourth-order valence-electron chi connectivity index (χ4n) is 6.61. The Morgan fingerprint density at radius 3 is 2.68 bits per heavy atom. The second-order valence-corrected chi connectivity index (χ2v) is 10.5. The Kier molecular flexibility index (Phi) is 7.33. The third kappa shape index (κ3) is 4.56. The lowest BCUT2D eigenvalue weighted by atomic mass is 9.62. The van der Waals surface area contributed by atoms with Crippen LogP contribution in [0.2, 0.25) is 0 Å². The third-order valence-electron chi connectivity index (χ3n) is 8.45. The molecule has 0 radical (unpaired) electrons. The van der Waals surface area contributed by atoms with Gasteiger partial charge in [0, 0.05) is 11.5 Å². The number of aliphatic hydroxyl groups is 5. The predicted molar refractivity (Wildman–Crippen MR) is 132 cm³/mol. The number of nitrogens with zero attached hydrogens (tertiary/aromatic N) is 1. The van der Waals surface area contributed by atoms with Crippen LogP contribution in [0.4, 0.5) is 0 Å². The molecule has 5 N–H and O–H groups in total. The Bertz CT molecular complexity index is 1130. The molecule has 200 valence electrons. The second-order valence-electron chi connectivity index (χ2n) is 10.5. The number of allylic oxidation sites excluding steroid dienone is 3. The minimum Gasteiger partial charge on any atom is -0.496 e. The predicted octanol–water partition coefficient (Wildman–Crippen LogP) is 2.11. The third-order valence-corrected chi connectivity index (χ3v) is 8.45. The van der Waals surface area contributed by atoms with Crippen molar-refractivity contribution < 1.29 is 39.7 Å². The largest absolute Gasteiger partial charge is 0.496 e. The summed E-state index contributed by atoms with van der Waals surface area (Å²) in [7, 11) is 1.65. The molecule has 4 unspecified atom stereocenters. The van der Waals surface area contributed by atoms with Crippen molar-refractivity contribution in [3.63, 3.8) is 0 Å². The Morgan fingerprint density at radius 2 is 1.95 bits per heavy atom. The minimum absolute atomic E-state index is 0.0880. The van der Waals surface area contributed by atoms with Crippen LogP contribution in [0.15, 0.2) is 34.9 Å². The lowest BCUT2D eigenvalue weighted by Crippen LogP contribution is -2.67. The number of nitriles is 1. The molecule has 1 saturated heterocycles. The Hall–Kier alpha value is -2.45. The zero-order chi connectivity index (χ0) is 26.3. The maximum Gasteiger partial charge on any atom is 0.229 e. The van der Waals surface area contributed by atoms with Crippen LogP contribution in [-0.4, -0.2) is 69.6 Å². The first-order valence-corrected chi connectivity index (χ1v) is 13.1. The van der Waals surface area contributed by atoms with E-state index >= 15 is 0 Å². The average Bonchev–Trinajstić information content (AvgIpc) is 2.90. The van der Waals surface area contributed by atoms with Gasteiger partial charge in [-0.2, -0.15) is 5.26 Å². The van der Waals surface area contributed by atoms with Crippen LogP contribution in [0, 0.1) is 23.2 Å². The maximum absolute atomic E-state index is 10.4. The van der Waals surface area contributed by atoms with Crippen LogP contribution in [0.1, 0.15) is 62.5 Å². The fourth-order valence-corrected chi connectivity index (χ4v) is 6.61. The van der Waals surface area contributed by atoms with Gasteiger partial charge in [0.15, 0.2) is 0 Å². The average molecular weight is 514 g/mol. The Labute approximate surface area is 216 Å². The van der Waals surface area contributed by atoms with Gasteiger partial charge in [0.1, 0.15) is 35.9 Å². The zero-order valence-corrected chi connectivity index (χ0v) is 21.0. The highest BCUT2D eigenvalue weighted by molar-refractivity contribution is 5.68. The molecule has 1 aromatic carbocycles. The Balaban J connectivity index is 1.51. The van der Waals surface area contributed by atoms with Gasteiger partial charge >= 0.3 is 0 Å². The standard InChI is InChI=1S/C28H35NO8/c1-35-25(23-16-6-4-8-20(23)19-7-3-2-5-15(19)11-16)17-9-10-18(13-29)21(12-17)36-27-24(31)26(32)28(33,34)22(14-30)37-27/h9-10,12,16,20,22,24,26-27,30-34H,2-8,11,14H2,1H3/b25-23+/t16?,20?,22?,24?,26-,27-/m1/s1. The van der Waals surface area contributed by atoms with E-state index in [-0.39, 0.29) is 11.3 Å². The van der Waals surface area contributed by atoms with Gasteiger partial charge in [-0.3, -0.25) is 0 Å². The first-order chi connectivity index (χ1) is 17.8. The molecule has 5 rings (SSSR count). The van der Waals surface area contributed by atoms with Crippen molar-refractivity contribution in [2.45, 2.75) is 81.8 Å². The van der Waals surface area contributed by atoms with Crippen molar-refractivity contribution in [1.29, 1.82) is 5.26 Å². The summed E-state index contributed by atoms with van der Waals surface area (Å²) in [6.45, 7) is -0.831. The highest BCUT2D eigenvalue weighted by Gasteiger charge is 2.55. The molecule has 0 amide bonds. The van der Waals surface area contributed by atoms with Crippen molar-refractivity contribution in [1.82, 2.24) is 0 Å². The van der Waals surface area contributed by atoms with E-state index in [1.54, 1.807) is 30.4 Å². The molecular weight excluding hydrogens is 478 g/mol. The summed E-state index contributed by atoms with van der Waals surface area (Å²) in [5.74, 6) is -1.23. The molecule has 6 atom stereocenters. The van der Waals surface area contributed by atoms with E-state index in [9.17, 15) is 30.8 Å². The normalized spacial score (nSPS) is 34.3. The molecule has 9 nitrogen and oxygen atoms in total. The number of ether oxygens (including phenoxy) is 3. The SMILES string of the molecule is CO/C(=C1\C2CCCC1C1=C(CCCC1)C2)c1ccc(C#N)c(O[C@@H]2OC(CO)C(O)(O)[C@H](O)C2O)c1. The van der Waals surface area contributed by atoms with Crippen molar-refractivity contribution in [2.24, 2.45) is 11.8 Å². The summed E-state index contributed by atoms with van der Waals surface area (Å²) in [5.41, 5.74) is 5.41. The summed E-state index contributed by atoms with van der Waals surface area (Å²) in [5, 5.41) is 59.9. The molecular formula is C28H35NO8. The summed E-state index contributed by atoms with van der Waals surface area (Å²) >= 11 is 0. The number of hydrogen-bond acceptors (Lipinski definition) is 9. The van der Waals surface area contributed by atoms with Crippen LogP contribution >= 0.6 is 0 Å². The van der Waals surface area contributed by atoms with Crippen molar-refractivity contribution in [3.8, 4) is 11.8 Å². The van der Waals surface area contributed by atoms with Gasteiger partial charge in [0.2, 0.25) is 12.1 Å². The molecule has 0 spiro atoms. The van der Waals surface area contributed by atoms with Crippen LogP contribution < -0.4 is 4.74 Å². The van der Waals surface area contributed by atoms with E-state index < -0.39 is 37.0 Å². The van der Waals surface area contributed by atoms with Gasteiger partial charge < -0.3 is 39.7 Å². The number of hydrogen-bond donors (Lipinski definition) is 5. The van der Waals surface area contributed by atoms with Crippen LogP contribution in [-0.2, 0) is 9.47 Å². The first-order valence-electron chi connectivity index (χ1n) is 13.1. The molecule has 0 aromatic heterocycles. The molecule has 1 heterocycles. The lowest BCUT2D eigenvalue weighted by Gasteiger charge is -2.44. The van der Waals surface area contributed by atoms with E-state index in [1.807, 2.05) is 6.07 Å². The molecule has 3 aliphatic carbocycles. The summed E-state index contributed by atoms with van der Waals surface area (Å²) < 4.78 is 17.2. The zero-order valence-electron chi connectivity index (χ0n) is 21.0. The van der Waals surface area contributed by atoms with Crippen molar-refractivity contribution in [3.05, 3.63) is 46.0 Å². The van der Waals surface area contributed by atoms with Gasteiger partial charge in [0.05, 0.1) is 19.3 Å². The summed E-state index contributed by atoms with van der Waals surface area (Å²) in [4.78, 5) is 0. The molecule has 2 bridgehead atoms. The van der Waals surface area contributed by atoms with Gasteiger partial charge in [-0.25, -0.2) is 0 Å². The number of fused-ring (bicyclic) bond motifs is 3. The highest BCUT2D eigenvalue weighted by atomic mass is 16.7. The molecule has 1 aliphatic heterocycles. The summed E-state index contributed by atoms with van der Waals surface area (Å²) in [6, 6.07) is 7.13. The van der Waals surface area contributed by atoms with E-state index in [0.717, 1.165) is 37.0 Å². The lowest BCUT2D eigenvalue weighted by molar-refractivity contribution is -0.375. The second kappa shape index (κ2) is 10.4. The molecule has 9 heteroatoms. The van der Waals surface area contributed by atoms with Crippen molar-refractivity contribution in [2.75, 3.05) is 13.7 Å². The summed E-state index contributed by atoms with van der Waals surface area (Å²) in [6.07, 6.45) is 2.21. The number of aliphatic hydroxyl groups excluding tert-OH is 3. The smallest absolute Gasteiger partial charge is 0.229 e. The van der Waals surface area contributed by atoms with Gasteiger partial charge in [-0.1, -0.05) is 17.6 Å². The maximum atomic E-state index is 10.4. The van der Waals surface area contributed by atoms with Gasteiger partial charge in [-0.05, 0) is 74.6 Å². The van der Waals surface area contributed by atoms with Gasteiger partial charge in [0.25, 0.3) is 0 Å². The van der Waals surface area contributed by atoms with Gasteiger partial charge in [-0.15, -0.1) is 0 Å². The van der Waals surface area contributed by atoms with E-state index in [0.29, 0.717) is 11.8 Å². The minimum atomic E-state index is -2.87. The molecule has 1 saturated carbocycles. The van der Waals surface area contributed by atoms with E-state index in [4.69, 9.17) is 14.2 Å². The first kappa shape index (κ1) is 26.2. The fraction of sp³-hybridized carbons (Fsp3) is 0.607. The van der Waals surface area contributed by atoms with Crippen LogP contribution in [0.5, 0.6) is 5.75 Å². The molecule has 1 aromatic rings. The number of benzene rings is 1. The monoisotopic (exact) mass is 513 g/mol. The van der Waals surface area contributed by atoms with E-state index in [2.05, 4.69) is 6.07 Å². The number of rotatable bonds is 5. The number of methoxy groups -OCH3 is 1. The van der Waals surface area contributed by atoms with Crippen LogP contribution in [0.25, 0.3) is 5.76 Å². The quantitative estimate of drug-likeness (QED) is 0.226. The molecule has 37 heavy (non-hydrogen) atoms. The molecule has 2 fully saturated rings.